The summed E-state index contributed by atoms with van der Waals surface area (Å²) < 4.78 is 17.5. The first-order valence-electron chi connectivity index (χ1n) is 6.59. The summed E-state index contributed by atoms with van der Waals surface area (Å²) in [5, 5.41) is 0. The van der Waals surface area contributed by atoms with Gasteiger partial charge >= 0.3 is 138 Å². The van der Waals surface area contributed by atoms with Gasteiger partial charge in [0.25, 0.3) is 0 Å². The summed E-state index contributed by atoms with van der Waals surface area (Å²) in [5.74, 6) is -4.48. The first kappa shape index (κ1) is 21.1. The van der Waals surface area contributed by atoms with Crippen molar-refractivity contribution in [2.45, 2.75) is 58.3 Å². The fourth-order valence-corrected chi connectivity index (χ4v) is 7.03. The fraction of sp³-hybridized carbons (Fsp3) is 0.600. The number of hydrogen-bond donors (Lipinski definition) is 0. The minimum absolute atomic E-state index is 0.837. The van der Waals surface area contributed by atoms with Crippen molar-refractivity contribution in [2.24, 2.45) is 0 Å². The Morgan fingerprint density at radius 1 is 0.667 bits per heavy atom. The maximum atomic E-state index is 6.57. The Kier molecular flexibility index (Phi) is 6.35. The summed E-state index contributed by atoms with van der Waals surface area (Å²) in [6.07, 6.45) is 4.73. The van der Waals surface area contributed by atoms with Gasteiger partial charge in [0, 0.05) is 0 Å². The molecule has 0 heterocycles. The minimum atomic E-state index is -4.48. The molecule has 124 valence electrons. The third-order valence-corrected chi connectivity index (χ3v) is 6.13. The van der Waals surface area contributed by atoms with Gasteiger partial charge in [0.1, 0.15) is 0 Å². The molecule has 0 saturated carbocycles. The van der Waals surface area contributed by atoms with Crippen LogP contribution in [-0.4, -0.2) is 16.8 Å². The van der Waals surface area contributed by atoms with E-state index in [9.17, 15) is 0 Å². The van der Waals surface area contributed by atoms with E-state index >= 15 is 0 Å². The number of hydrogen-bond acceptors (Lipinski definition) is 3. The average Bonchev–Trinajstić information content (AvgIpc) is 2.25. The predicted molar refractivity (Wildman–Crippen MR) is 94.7 cm³/mol. The van der Waals surface area contributed by atoms with E-state index in [4.69, 9.17) is 36.1 Å². The quantitative estimate of drug-likeness (QED) is 0.347. The van der Waals surface area contributed by atoms with E-state index in [2.05, 4.69) is 19.7 Å². The molecule has 0 atom stereocenters. The summed E-state index contributed by atoms with van der Waals surface area (Å²) in [6, 6.07) is 0. The van der Waals surface area contributed by atoms with Gasteiger partial charge in [-0.15, -0.1) is 0 Å². The van der Waals surface area contributed by atoms with Crippen LogP contribution in [0.15, 0.2) is 38.0 Å². The summed E-state index contributed by atoms with van der Waals surface area (Å²) in [4.78, 5) is 0. The van der Waals surface area contributed by atoms with Crippen molar-refractivity contribution in [1.29, 1.82) is 0 Å². The van der Waals surface area contributed by atoms with Crippen molar-refractivity contribution in [3.8, 4) is 0 Å². The summed E-state index contributed by atoms with van der Waals surface area (Å²) >= 11 is 13.1. The molecule has 0 fully saturated rings. The van der Waals surface area contributed by atoms with E-state index in [1.54, 1.807) is 59.8 Å². The zero-order valence-corrected chi connectivity index (χ0v) is 16.2. The van der Waals surface area contributed by atoms with Gasteiger partial charge in [0.05, 0.1) is 0 Å². The predicted octanol–water partition coefficient (Wildman–Crippen LogP) is 6.54. The Morgan fingerprint density at radius 3 is 1.00 bits per heavy atom. The van der Waals surface area contributed by atoms with Crippen LogP contribution in [0.4, 0.5) is 0 Å². The molecule has 6 heteroatoms. The van der Waals surface area contributed by atoms with Gasteiger partial charge < -0.3 is 0 Å². The Labute approximate surface area is 138 Å². The Hall–Kier alpha value is 0.110. The van der Waals surface area contributed by atoms with E-state index in [0.717, 1.165) is 0 Å². The van der Waals surface area contributed by atoms with Crippen LogP contribution in [0, 0.1) is 0 Å². The number of rotatable bonds is 9. The maximum absolute atomic E-state index is 6.57. The van der Waals surface area contributed by atoms with Crippen molar-refractivity contribution in [1.82, 2.24) is 0 Å². The zero-order chi connectivity index (χ0) is 17.2. The zero-order valence-electron chi connectivity index (χ0n) is 13.8. The molecule has 0 aromatic carbocycles. The number of halogens is 2. The average molecular weight is 357 g/mol. The third kappa shape index (κ3) is 7.27. The molecule has 0 unspecified atom stereocenters. The molecule has 0 saturated heterocycles. The second-order valence-electron chi connectivity index (χ2n) is 6.40. The first-order chi connectivity index (χ1) is 9.09. The van der Waals surface area contributed by atoms with Crippen molar-refractivity contribution in [3.63, 3.8) is 0 Å². The molecule has 0 radical (unpaired) electrons. The molecule has 0 aromatic heterocycles. The van der Waals surface area contributed by atoms with Crippen molar-refractivity contribution in [2.75, 3.05) is 0 Å². The van der Waals surface area contributed by atoms with E-state index in [-0.39, 0.29) is 0 Å². The van der Waals surface area contributed by atoms with Gasteiger partial charge in [0.2, 0.25) is 0 Å². The second kappa shape index (κ2) is 6.31. The molecular formula is C15H27Cl2O3P. The molecule has 3 nitrogen and oxygen atoms in total. The van der Waals surface area contributed by atoms with E-state index in [0.29, 0.717) is 0 Å². The van der Waals surface area contributed by atoms with Gasteiger partial charge in [-0.1, -0.05) is 0 Å². The molecule has 0 aliphatic rings. The molecule has 0 N–H and O–H groups in total. The van der Waals surface area contributed by atoms with Crippen LogP contribution in [0.25, 0.3) is 0 Å². The van der Waals surface area contributed by atoms with Crippen LogP contribution in [0.2, 0.25) is 0 Å². The topological polar surface area (TPSA) is 27.7 Å². The monoisotopic (exact) mass is 356 g/mol. The van der Waals surface area contributed by atoms with E-state index in [1.807, 2.05) is 0 Å². The summed E-state index contributed by atoms with van der Waals surface area (Å²) in [7, 11) is 0. The van der Waals surface area contributed by atoms with Crippen LogP contribution >= 0.6 is 28.5 Å². The van der Waals surface area contributed by atoms with Crippen LogP contribution in [0.3, 0.4) is 0 Å². The van der Waals surface area contributed by atoms with Gasteiger partial charge in [-0.3, -0.25) is 0 Å². The molecule has 0 amide bonds. The Balaban J connectivity index is 5.79. The molecular weight excluding hydrogens is 330 g/mol. The van der Waals surface area contributed by atoms with Crippen molar-refractivity contribution >= 4 is 28.5 Å². The van der Waals surface area contributed by atoms with Crippen LogP contribution < -0.4 is 0 Å². The van der Waals surface area contributed by atoms with Gasteiger partial charge in [0.15, 0.2) is 0 Å². The van der Waals surface area contributed by atoms with E-state index in [1.165, 1.54) is 0 Å². The van der Waals surface area contributed by atoms with Gasteiger partial charge in [-0.2, -0.15) is 0 Å². The first-order valence-corrected chi connectivity index (χ1v) is 10.4. The molecule has 0 rings (SSSR count). The van der Waals surface area contributed by atoms with Crippen molar-refractivity contribution < 1.29 is 13.6 Å². The van der Waals surface area contributed by atoms with Crippen molar-refractivity contribution in [3.05, 3.63) is 38.0 Å². The van der Waals surface area contributed by atoms with E-state index < -0.39 is 22.8 Å². The molecule has 0 aliphatic carbocycles. The third-order valence-electron chi connectivity index (χ3n) is 2.61. The Morgan fingerprint density at radius 2 is 0.857 bits per heavy atom. The molecule has 21 heavy (non-hydrogen) atoms. The van der Waals surface area contributed by atoms with Gasteiger partial charge in [-0.05, 0) is 0 Å². The van der Waals surface area contributed by atoms with Crippen LogP contribution in [0.5, 0.6) is 0 Å². The molecule has 0 spiro atoms. The Bertz CT molecular complexity index is 367. The summed E-state index contributed by atoms with van der Waals surface area (Å²) in [5.41, 5.74) is -2.51. The van der Waals surface area contributed by atoms with Gasteiger partial charge in [-0.25, -0.2) is 0 Å². The standard InChI is InChI=1S/C15H27Cl2O3P/c1-10-13(4,5)18-21(16,17,19-14(6,7)11-2)20-15(8,9)12-3/h10-12H,1-3H2,4-9H3. The SMILES string of the molecule is C=CC(C)(C)OP(Cl)(Cl)(OC(C)(C)C=C)OC(C)(C)C=C. The second-order valence-corrected chi connectivity index (χ2v) is 12.4. The molecule has 0 bridgehead atoms. The molecule has 0 aliphatic heterocycles. The fourth-order valence-electron chi connectivity index (χ4n) is 1.28. The summed E-state index contributed by atoms with van der Waals surface area (Å²) in [6.45, 7) is 21.7. The van der Waals surface area contributed by atoms with Crippen LogP contribution in [-0.2, 0) is 13.6 Å². The normalized spacial score (nSPS) is 15.9. The van der Waals surface area contributed by atoms with Crippen LogP contribution in [0.1, 0.15) is 41.5 Å². The molecule has 0 aromatic rings.